The first-order chi connectivity index (χ1) is 16.1. The summed E-state index contributed by atoms with van der Waals surface area (Å²) in [6.45, 7) is 11.7. The Morgan fingerprint density at radius 1 is 0.941 bits per heavy atom. The second-order valence-corrected chi connectivity index (χ2v) is 11.5. The van der Waals surface area contributed by atoms with Gasteiger partial charge in [0.1, 0.15) is 5.75 Å². The smallest absolute Gasteiger partial charge is 0.198 e. The lowest BCUT2D eigenvalue weighted by molar-refractivity contribution is 0.0973. The molecule has 1 N–H and O–H groups in total. The number of fused-ring (bicyclic) bond motifs is 6. The zero-order valence-electron chi connectivity index (χ0n) is 21.0. The van der Waals surface area contributed by atoms with Crippen molar-refractivity contribution in [3.63, 3.8) is 0 Å². The summed E-state index contributed by atoms with van der Waals surface area (Å²) >= 11 is 0. The van der Waals surface area contributed by atoms with Crippen molar-refractivity contribution in [3.8, 4) is 5.75 Å². The fraction of sp³-hybridized carbons (Fsp3) is 0.484. The molecule has 0 radical (unpaired) electrons. The van der Waals surface area contributed by atoms with Crippen molar-refractivity contribution in [1.82, 2.24) is 0 Å². The molecule has 3 aliphatic carbocycles. The molecule has 5 atom stereocenters. The monoisotopic (exact) mass is 456 g/mol. The number of hydrogen-bond acceptors (Lipinski definition) is 3. The van der Waals surface area contributed by atoms with Crippen LogP contribution in [0, 0.1) is 29.1 Å². The van der Waals surface area contributed by atoms with E-state index >= 15 is 0 Å². The zero-order valence-corrected chi connectivity index (χ0v) is 21.0. The number of aromatic hydroxyl groups is 1. The molecule has 0 aromatic heterocycles. The second kappa shape index (κ2) is 8.22. The van der Waals surface area contributed by atoms with Crippen molar-refractivity contribution in [2.45, 2.75) is 66.2 Å². The average Bonchev–Trinajstić information content (AvgIpc) is 3.17. The van der Waals surface area contributed by atoms with E-state index in [1.54, 1.807) is 12.1 Å². The second-order valence-electron chi connectivity index (χ2n) is 11.5. The highest BCUT2D eigenvalue weighted by molar-refractivity contribution is 6.29. The first-order valence-corrected chi connectivity index (χ1v) is 12.9. The van der Waals surface area contributed by atoms with Crippen LogP contribution in [-0.2, 0) is 6.42 Å². The first kappa shape index (κ1) is 23.1. The van der Waals surface area contributed by atoms with Crippen LogP contribution < -0.4 is 0 Å². The van der Waals surface area contributed by atoms with Crippen LogP contribution in [-0.4, -0.2) is 16.7 Å². The molecule has 0 unspecified atom stereocenters. The molecule has 3 heteroatoms. The van der Waals surface area contributed by atoms with Crippen LogP contribution >= 0.6 is 0 Å². The number of phenols is 1. The number of phenolic OH excluding ortho intramolecular Hbond substituents is 1. The molecule has 1 saturated carbocycles. The summed E-state index contributed by atoms with van der Waals surface area (Å²) in [5.74, 6) is 2.32. The van der Waals surface area contributed by atoms with Gasteiger partial charge in [0.25, 0.3) is 0 Å². The summed E-state index contributed by atoms with van der Waals surface area (Å²) in [6.07, 6.45) is 9.03. The maximum Gasteiger partial charge on any atom is 0.198 e. The number of carbonyl (C=O) groups excluding carboxylic acids is 2. The van der Waals surface area contributed by atoms with Crippen molar-refractivity contribution in [2.24, 2.45) is 29.1 Å². The normalized spacial score (nSPS) is 27.4. The lowest BCUT2D eigenvalue weighted by atomic mass is 9.60. The van der Waals surface area contributed by atoms with E-state index < -0.39 is 0 Å². The molecule has 34 heavy (non-hydrogen) atoms. The Morgan fingerprint density at radius 3 is 2.38 bits per heavy atom. The minimum absolute atomic E-state index is 0.112. The quantitative estimate of drug-likeness (QED) is 0.426. The summed E-state index contributed by atoms with van der Waals surface area (Å²) < 4.78 is 0. The van der Waals surface area contributed by atoms with Gasteiger partial charge in [0.15, 0.2) is 11.6 Å². The highest BCUT2D eigenvalue weighted by Gasteiger charge is 2.51. The van der Waals surface area contributed by atoms with Gasteiger partial charge in [0.05, 0.1) is 5.56 Å². The molecule has 0 heterocycles. The van der Waals surface area contributed by atoms with Crippen molar-refractivity contribution in [1.29, 1.82) is 0 Å². The van der Waals surface area contributed by atoms with Gasteiger partial charge >= 0.3 is 0 Å². The summed E-state index contributed by atoms with van der Waals surface area (Å²) in [5.41, 5.74) is 4.07. The third kappa shape index (κ3) is 3.31. The number of benzene rings is 2. The Morgan fingerprint density at radius 2 is 1.65 bits per heavy atom. The molecule has 1 fully saturated rings. The van der Waals surface area contributed by atoms with E-state index in [0.717, 1.165) is 24.8 Å². The van der Waals surface area contributed by atoms with E-state index in [9.17, 15) is 14.7 Å². The molecule has 2 aromatic rings. The number of allylic oxidation sites excluding steroid dienone is 2. The Bertz CT molecular complexity index is 1200. The summed E-state index contributed by atoms with van der Waals surface area (Å²) in [4.78, 5) is 26.8. The van der Waals surface area contributed by atoms with Gasteiger partial charge in [-0.3, -0.25) is 9.59 Å². The number of rotatable bonds is 4. The zero-order chi connectivity index (χ0) is 24.4. The van der Waals surface area contributed by atoms with Gasteiger partial charge in [-0.15, -0.1) is 0 Å². The minimum Gasteiger partial charge on any atom is -0.507 e. The fourth-order valence-corrected chi connectivity index (χ4v) is 7.04. The fourth-order valence-electron chi connectivity index (χ4n) is 7.04. The van der Waals surface area contributed by atoms with Crippen LogP contribution in [0.5, 0.6) is 5.75 Å². The number of hydrogen-bond donors (Lipinski definition) is 1. The van der Waals surface area contributed by atoms with Crippen LogP contribution in [0.3, 0.4) is 0 Å². The molecule has 0 amide bonds. The molecular formula is C31H36O3. The SMILES string of the molecule is CC(C)[C@@H](C)C=C[C@@H](C)[C@H]1CC[C@H]2c3ccc4c(c3CC[C@]12C)C(=O)c1cccc(O)c1C4=O. The van der Waals surface area contributed by atoms with Gasteiger partial charge in [0.2, 0.25) is 0 Å². The largest absolute Gasteiger partial charge is 0.507 e. The van der Waals surface area contributed by atoms with E-state index in [1.165, 1.54) is 18.1 Å². The molecule has 2 aromatic carbocycles. The predicted octanol–water partition coefficient (Wildman–Crippen LogP) is 7.10. The molecule has 3 nitrogen and oxygen atoms in total. The Balaban J connectivity index is 1.51. The average molecular weight is 457 g/mol. The molecular weight excluding hydrogens is 420 g/mol. The topological polar surface area (TPSA) is 54.4 Å². The molecule has 0 saturated heterocycles. The van der Waals surface area contributed by atoms with Gasteiger partial charge in [0, 0.05) is 16.7 Å². The van der Waals surface area contributed by atoms with Crippen LogP contribution in [0.2, 0.25) is 0 Å². The van der Waals surface area contributed by atoms with Crippen LogP contribution in [0.15, 0.2) is 42.5 Å². The summed E-state index contributed by atoms with van der Waals surface area (Å²) in [7, 11) is 0. The molecule has 0 bridgehead atoms. The van der Waals surface area contributed by atoms with Gasteiger partial charge in [-0.2, -0.15) is 0 Å². The van der Waals surface area contributed by atoms with Gasteiger partial charge < -0.3 is 5.11 Å². The van der Waals surface area contributed by atoms with E-state index in [4.69, 9.17) is 0 Å². The van der Waals surface area contributed by atoms with E-state index in [-0.39, 0.29) is 28.3 Å². The third-order valence-corrected chi connectivity index (χ3v) is 9.44. The maximum atomic E-state index is 13.6. The Hall–Kier alpha value is -2.68. The van der Waals surface area contributed by atoms with Crippen LogP contribution in [0.4, 0.5) is 0 Å². The van der Waals surface area contributed by atoms with Crippen molar-refractivity contribution < 1.29 is 14.7 Å². The molecule has 5 rings (SSSR count). The highest BCUT2D eigenvalue weighted by Crippen LogP contribution is 2.61. The third-order valence-electron chi connectivity index (χ3n) is 9.44. The van der Waals surface area contributed by atoms with E-state index in [2.05, 4.69) is 52.8 Å². The van der Waals surface area contributed by atoms with Crippen molar-refractivity contribution >= 4 is 11.6 Å². The number of ketones is 2. The standard InChI is InChI=1S/C31H36O3/c1-17(2)18(3)9-10-19(4)24-13-14-25-20-11-12-23-27(21(20)15-16-31(24,25)5)29(33)22-7-6-8-26(32)28(22)30(23)34/h6-12,17-19,24-25,32H,13-16H2,1-5H3/t18-,19+,24+,25-,31+/m0/s1. The summed E-state index contributed by atoms with van der Waals surface area (Å²) in [6, 6.07) is 8.75. The van der Waals surface area contributed by atoms with Gasteiger partial charge in [-0.25, -0.2) is 0 Å². The van der Waals surface area contributed by atoms with E-state index in [1.807, 2.05) is 6.07 Å². The highest BCUT2D eigenvalue weighted by atomic mass is 16.3. The predicted molar refractivity (Wildman–Crippen MR) is 136 cm³/mol. The lowest BCUT2D eigenvalue weighted by Gasteiger charge is -2.44. The molecule has 3 aliphatic rings. The van der Waals surface area contributed by atoms with E-state index in [0.29, 0.717) is 46.3 Å². The Labute approximate surface area is 203 Å². The summed E-state index contributed by atoms with van der Waals surface area (Å²) in [5, 5.41) is 10.3. The molecule has 0 aliphatic heterocycles. The molecule has 0 spiro atoms. The lowest BCUT2D eigenvalue weighted by Crippen LogP contribution is -2.36. The van der Waals surface area contributed by atoms with Crippen LogP contribution in [0.25, 0.3) is 0 Å². The van der Waals surface area contributed by atoms with Crippen molar-refractivity contribution in [2.75, 3.05) is 0 Å². The molecule has 178 valence electrons. The van der Waals surface area contributed by atoms with Gasteiger partial charge in [-0.05, 0) is 83.9 Å². The Kier molecular flexibility index (Phi) is 5.58. The number of carbonyl (C=O) groups is 2. The van der Waals surface area contributed by atoms with Crippen molar-refractivity contribution in [3.05, 3.63) is 75.9 Å². The first-order valence-electron chi connectivity index (χ1n) is 12.9. The van der Waals surface area contributed by atoms with Gasteiger partial charge in [-0.1, -0.05) is 65.0 Å². The minimum atomic E-state index is -0.235. The van der Waals surface area contributed by atoms with Crippen LogP contribution in [0.1, 0.15) is 103 Å². The maximum absolute atomic E-state index is 13.6.